The number of aromatic nitrogens is 1. The molecular weight excluding hydrogens is 322 g/mol. The SMILES string of the molecule is CC1(CCC2CCCC3OC(=O)CCC23C)CCC=C1c1cccnc1. The van der Waals surface area contributed by atoms with Crippen molar-refractivity contribution in [3.8, 4) is 0 Å². The summed E-state index contributed by atoms with van der Waals surface area (Å²) in [7, 11) is 0. The molecule has 0 aromatic carbocycles. The minimum atomic E-state index is 0.0117. The first-order chi connectivity index (χ1) is 12.5. The molecule has 1 aromatic rings. The van der Waals surface area contributed by atoms with E-state index in [-0.39, 0.29) is 22.9 Å². The molecule has 4 unspecified atom stereocenters. The van der Waals surface area contributed by atoms with Crippen LogP contribution in [0.15, 0.2) is 30.6 Å². The maximum absolute atomic E-state index is 11.7. The summed E-state index contributed by atoms with van der Waals surface area (Å²) in [6.07, 6.45) is 16.4. The van der Waals surface area contributed by atoms with Crippen LogP contribution in [-0.2, 0) is 9.53 Å². The van der Waals surface area contributed by atoms with Gasteiger partial charge in [0.05, 0.1) is 0 Å². The number of allylic oxidation sites excluding steroid dienone is 2. The van der Waals surface area contributed by atoms with Gasteiger partial charge in [-0.3, -0.25) is 9.78 Å². The molecule has 0 amide bonds. The summed E-state index contributed by atoms with van der Waals surface area (Å²) in [5.41, 5.74) is 3.20. The van der Waals surface area contributed by atoms with Gasteiger partial charge in [0.15, 0.2) is 0 Å². The number of nitrogens with zero attached hydrogens (tertiary/aromatic N) is 1. The summed E-state index contributed by atoms with van der Waals surface area (Å²) in [6, 6.07) is 4.24. The molecule has 2 fully saturated rings. The quantitative estimate of drug-likeness (QED) is 0.666. The van der Waals surface area contributed by atoms with Crippen molar-refractivity contribution in [1.29, 1.82) is 0 Å². The van der Waals surface area contributed by atoms with Crippen molar-refractivity contribution in [3.05, 3.63) is 36.2 Å². The summed E-state index contributed by atoms with van der Waals surface area (Å²) in [5, 5.41) is 0. The van der Waals surface area contributed by atoms with Crippen molar-refractivity contribution in [2.24, 2.45) is 16.7 Å². The Labute approximate surface area is 157 Å². The fraction of sp³-hybridized carbons (Fsp3) is 0.652. The zero-order valence-electron chi connectivity index (χ0n) is 16.2. The lowest BCUT2D eigenvalue weighted by Crippen LogP contribution is -2.48. The van der Waals surface area contributed by atoms with Crippen LogP contribution in [0.5, 0.6) is 0 Å². The van der Waals surface area contributed by atoms with Crippen LogP contribution < -0.4 is 0 Å². The molecule has 0 bridgehead atoms. The lowest BCUT2D eigenvalue weighted by molar-refractivity contribution is -0.176. The highest BCUT2D eigenvalue weighted by atomic mass is 16.5. The van der Waals surface area contributed by atoms with E-state index in [1.807, 2.05) is 18.5 Å². The van der Waals surface area contributed by atoms with Crippen LogP contribution in [0.3, 0.4) is 0 Å². The van der Waals surface area contributed by atoms with Crippen molar-refractivity contribution in [2.75, 3.05) is 0 Å². The van der Waals surface area contributed by atoms with E-state index in [0.29, 0.717) is 12.3 Å². The lowest BCUT2D eigenvalue weighted by Gasteiger charge is -2.50. The number of pyridine rings is 1. The van der Waals surface area contributed by atoms with Crippen LogP contribution in [-0.4, -0.2) is 17.1 Å². The van der Waals surface area contributed by atoms with Crippen LogP contribution in [0.4, 0.5) is 0 Å². The predicted molar refractivity (Wildman–Crippen MR) is 103 cm³/mol. The van der Waals surface area contributed by atoms with Gasteiger partial charge < -0.3 is 4.74 Å². The summed E-state index contributed by atoms with van der Waals surface area (Å²) in [6.45, 7) is 4.81. The average molecular weight is 354 g/mol. The number of fused-ring (bicyclic) bond motifs is 1. The summed E-state index contributed by atoms with van der Waals surface area (Å²) >= 11 is 0. The average Bonchev–Trinajstić information content (AvgIpc) is 3.03. The molecule has 0 N–H and O–H groups in total. The Bertz CT molecular complexity index is 697. The van der Waals surface area contributed by atoms with Crippen molar-refractivity contribution < 1.29 is 9.53 Å². The molecule has 3 nitrogen and oxygen atoms in total. The molecule has 0 spiro atoms. The van der Waals surface area contributed by atoms with E-state index in [4.69, 9.17) is 4.74 Å². The fourth-order valence-corrected chi connectivity index (χ4v) is 5.75. The van der Waals surface area contributed by atoms with E-state index >= 15 is 0 Å². The molecule has 1 aliphatic heterocycles. The van der Waals surface area contributed by atoms with E-state index in [9.17, 15) is 4.79 Å². The Morgan fingerprint density at radius 1 is 1.27 bits per heavy atom. The predicted octanol–water partition coefficient (Wildman–Crippen LogP) is 5.56. The van der Waals surface area contributed by atoms with Gasteiger partial charge in [-0.1, -0.05) is 26.0 Å². The summed E-state index contributed by atoms with van der Waals surface area (Å²) in [5.74, 6) is 0.680. The second kappa shape index (κ2) is 6.83. The second-order valence-corrected chi connectivity index (χ2v) is 9.11. The largest absolute Gasteiger partial charge is 0.462 e. The first-order valence-electron chi connectivity index (χ1n) is 10.3. The van der Waals surface area contributed by atoms with Crippen molar-refractivity contribution in [3.63, 3.8) is 0 Å². The van der Waals surface area contributed by atoms with Gasteiger partial charge in [-0.25, -0.2) is 0 Å². The van der Waals surface area contributed by atoms with Crippen LogP contribution in [0.1, 0.15) is 77.2 Å². The number of carbonyl (C=O) groups is 1. The molecule has 2 aliphatic carbocycles. The lowest BCUT2D eigenvalue weighted by atomic mass is 9.60. The number of carbonyl (C=O) groups excluding carboxylic acids is 1. The topological polar surface area (TPSA) is 39.2 Å². The molecule has 3 aliphatic rings. The van der Waals surface area contributed by atoms with Gasteiger partial charge in [0.25, 0.3) is 0 Å². The highest BCUT2D eigenvalue weighted by Crippen LogP contribution is 2.54. The summed E-state index contributed by atoms with van der Waals surface area (Å²) in [4.78, 5) is 16.1. The molecular formula is C23H31NO2. The molecule has 1 aromatic heterocycles. The number of hydrogen-bond donors (Lipinski definition) is 0. The van der Waals surface area contributed by atoms with E-state index in [1.165, 1.54) is 49.7 Å². The molecule has 1 saturated carbocycles. The van der Waals surface area contributed by atoms with Gasteiger partial charge in [0.1, 0.15) is 6.10 Å². The Morgan fingerprint density at radius 2 is 2.15 bits per heavy atom. The smallest absolute Gasteiger partial charge is 0.306 e. The van der Waals surface area contributed by atoms with Crippen LogP contribution in [0, 0.1) is 16.7 Å². The Morgan fingerprint density at radius 3 is 2.96 bits per heavy atom. The Balaban J connectivity index is 1.48. The molecule has 26 heavy (non-hydrogen) atoms. The van der Waals surface area contributed by atoms with Gasteiger partial charge in [-0.15, -0.1) is 0 Å². The Hall–Kier alpha value is -1.64. The number of esters is 1. The first-order valence-corrected chi connectivity index (χ1v) is 10.3. The first kappa shape index (κ1) is 17.8. The number of hydrogen-bond acceptors (Lipinski definition) is 3. The van der Waals surface area contributed by atoms with Crippen LogP contribution in [0.25, 0.3) is 5.57 Å². The van der Waals surface area contributed by atoms with Crippen LogP contribution in [0.2, 0.25) is 0 Å². The van der Waals surface area contributed by atoms with Crippen LogP contribution >= 0.6 is 0 Å². The summed E-state index contributed by atoms with van der Waals surface area (Å²) < 4.78 is 5.75. The molecule has 0 radical (unpaired) electrons. The molecule has 140 valence electrons. The number of rotatable bonds is 4. The Kier molecular flexibility index (Phi) is 4.66. The highest BCUT2D eigenvalue weighted by Gasteiger charge is 2.49. The van der Waals surface area contributed by atoms with Gasteiger partial charge in [-0.05, 0) is 79.9 Å². The molecule has 1 saturated heterocycles. The maximum Gasteiger partial charge on any atom is 0.306 e. The van der Waals surface area contributed by atoms with Gasteiger partial charge >= 0.3 is 5.97 Å². The minimum Gasteiger partial charge on any atom is -0.462 e. The normalized spacial score (nSPS) is 37.0. The zero-order valence-corrected chi connectivity index (χ0v) is 16.2. The zero-order chi connectivity index (χ0) is 18.2. The highest BCUT2D eigenvalue weighted by molar-refractivity contribution is 5.71. The van der Waals surface area contributed by atoms with Crippen molar-refractivity contribution in [2.45, 2.75) is 77.7 Å². The van der Waals surface area contributed by atoms with E-state index in [0.717, 1.165) is 12.8 Å². The van der Waals surface area contributed by atoms with Crippen molar-refractivity contribution in [1.82, 2.24) is 4.98 Å². The van der Waals surface area contributed by atoms with E-state index < -0.39 is 0 Å². The third kappa shape index (κ3) is 3.10. The van der Waals surface area contributed by atoms with E-state index in [1.54, 1.807) is 0 Å². The monoisotopic (exact) mass is 353 g/mol. The maximum atomic E-state index is 11.7. The van der Waals surface area contributed by atoms with Gasteiger partial charge in [0.2, 0.25) is 0 Å². The standard InChI is InChI=1S/C23H31NO2/c1-22(12-4-8-19(22)17-6-5-15-24-16-17)13-10-18-7-3-9-20-23(18,2)14-11-21(25)26-20/h5-6,8,15-16,18,20H,3-4,7,9-14H2,1-2H3. The minimum absolute atomic E-state index is 0.0117. The third-order valence-corrected chi connectivity index (χ3v) is 7.54. The van der Waals surface area contributed by atoms with Gasteiger partial charge in [0, 0.05) is 24.2 Å². The molecule has 3 heteroatoms. The number of ether oxygens (including phenoxy) is 1. The molecule has 2 heterocycles. The molecule has 4 atom stereocenters. The van der Waals surface area contributed by atoms with Gasteiger partial charge in [-0.2, -0.15) is 0 Å². The molecule has 4 rings (SSSR count). The van der Waals surface area contributed by atoms with Crippen molar-refractivity contribution >= 4 is 11.5 Å². The fourth-order valence-electron chi connectivity index (χ4n) is 5.75. The third-order valence-electron chi connectivity index (χ3n) is 7.54. The van der Waals surface area contributed by atoms with E-state index in [2.05, 4.69) is 31.0 Å². The second-order valence-electron chi connectivity index (χ2n) is 9.11.